The fourth-order valence-corrected chi connectivity index (χ4v) is 6.80. The minimum Gasteiger partial charge on any atom is -0.390 e. The quantitative estimate of drug-likeness (QED) is 0.679. The van der Waals surface area contributed by atoms with Gasteiger partial charge in [-0.25, -0.2) is 4.39 Å². The van der Waals surface area contributed by atoms with E-state index in [-0.39, 0.29) is 24.5 Å². The molecule has 6 heteroatoms. The fourth-order valence-electron chi connectivity index (χ4n) is 6.80. The average molecular weight is 378 g/mol. The summed E-state index contributed by atoms with van der Waals surface area (Å²) in [4.78, 5) is 24.1. The zero-order valence-electron chi connectivity index (χ0n) is 15.7. The van der Waals surface area contributed by atoms with Crippen LogP contribution in [0.15, 0.2) is 23.8 Å². The third-order valence-corrected chi connectivity index (χ3v) is 8.40. The summed E-state index contributed by atoms with van der Waals surface area (Å²) in [6, 6.07) is 0. The first-order valence-corrected chi connectivity index (χ1v) is 9.72. The summed E-state index contributed by atoms with van der Waals surface area (Å²) in [6.07, 6.45) is 4.65. The van der Waals surface area contributed by atoms with Crippen molar-refractivity contribution >= 4 is 11.6 Å². The Morgan fingerprint density at radius 1 is 1.30 bits per heavy atom. The SMILES string of the molecule is C[C@]12C=CC(=O)C=C1CC[C@H]1[C@@H]3CC[C@](O)(C(=O)CO)[C@@]3(C)C[C@H](O)[C@]12F. The van der Waals surface area contributed by atoms with Gasteiger partial charge in [-0.1, -0.05) is 18.6 Å². The van der Waals surface area contributed by atoms with Crippen LogP contribution >= 0.6 is 0 Å². The van der Waals surface area contributed by atoms with Crippen LogP contribution in [-0.2, 0) is 9.59 Å². The van der Waals surface area contributed by atoms with E-state index in [9.17, 15) is 24.9 Å². The Kier molecular flexibility index (Phi) is 3.92. The van der Waals surface area contributed by atoms with Crippen LogP contribution in [0.25, 0.3) is 0 Å². The van der Waals surface area contributed by atoms with E-state index in [2.05, 4.69) is 0 Å². The Hall–Kier alpha value is -1.37. The van der Waals surface area contributed by atoms with Crippen LogP contribution in [-0.4, -0.2) is 50.9 Å². The first kappa shape index (κ1) is 19.0. The molecule has 3 fully saturated rings. The normalized spacial score (nSPS) is 51.3. The predicted molar refractivity (Wildman–Crippen MR) is 95.4 cm³/mol. The lowest BCUT2D eigenvalue weighted by Gasteiger charge is -2.62. The summed E-state index contributed by atoms with van der Waals surface area (Å²) in [5, 5.41) is 31.5. The molecule has 0 amide bonds. The molecule has 0 aliphatic heterocycles. The third-order valence-electron chi connectivity index (χ3n) is 8.40. The standard InChI is InChI=1S/C21H27FO5/c1-18-7-5-13(24)9-12(18)3-4-15-14-6-8-20(27,17(26)11-23)19(14,2)10-16(25)21(15,18)22/h5,7,9,14-16,23,25,27H,3-4,6,8,10-11H2,1-2H3/t14-,15-,16-,18-,19-,20-,21+/m0/s1. The van der Waals surface area contributed by atoms with Crippen molar-refractivity contribution in [1.82, 2.24) is 0 Å². The van der Waals surface area contributed by atoms with Gasteiger partial charge in [-0.15, -0.1) is 0 Å². The second kappa shape index (κ2) is 5.58. The Morgan fingerprint density at radius 2 is 2.00 bits per heavy atom. The molecule has 0 heterocycles. The van der Waals surface area contributed by atoms with Crippen molar-refractivity contribution in [2.24, 2.45) is 22.7 Å². The van der Waals surface area contributed by atoms with Crippen molar-refractivity contribution < 1.29 is 29.3 Å². The molecule has 7 atom stereocenters. The van der Waals surface area contributed by atoms with Gasteiger partial charge >= 0.3 is 0 Å². The first-order valence-electron chi connectivity index (χ1n) is 9.72. The van der Waals surface area contributed by atoms with E-state index >= 15 is 4.39 Å². The second-order valence-electron chi connectivity index (χ2n) is 9.24. The number of carbonyl (C=O) groups excluding carboxylic acids is 2. The minimum atomic E-state index is -1.97. The molecule has 4 rings (SSSR count). The molecule has 3 N–H and O–H groups in total. The highest BCUT2D eigenvalue weighted by Crippen LogP contribution is 2.69. The Labute approximate surface area is 158 Å². The fraction of sp³-hybridized carbons (Fsp3) is 0.714. The number of hydrogen-bond donors (Lipinski definition) is 3. The zero-order chi connectivity index (χ0) is 19.8. The maximum Gasteiger partial charge on any atom is 0.190 e. The van der Waals surface area contributed by atoms with E-state index in [4.69, 9.17) is 0 Å². The molecular weight excluding hydrogens is 351 g/mol. The van der Waals surface area contributed by atoms with E-state index in [1.807, 2.05) is 0 Å². The highest BCUT2D eigenvalue weighted by molar-refractivity contribution is 6.01. The molecule has 0 aromatic rings. The van der Waals surface area contributed by atoms with Crippen LogP contribution < -0.4 is 0 Å². The molecular formula is C21H27FO5. The topological polar surface area (TPSA) is 94.8 Å². The van der Waals surface area contributed by atoms with Crippen LogP contribution in [0, 0.1) is 22.7 Å². The average Bonchev–Trinajstić information content (AvgIpc) is 2.88. The van der Waals surface area contributed by atoms with Crippen molar-refractivity contribution in [3.63, 3.8) is 0 Å². The van der Waals surface area contributed by atoms with Gasteiger partial charge in [0.1, 0.15) is 12.2 Å². The van der Waals surface area contributed by atoms with Crippen molar-refractivity contribution in [2.45, 2.75) is 63.3 Å². The lowest BCUT2D eigenvalue weighted by atomic mass is 9.44. The van der Waals surface area contributed by atoms with Gasteiger partial charge in [-0.2, -0.15) is 0 Å². The molecule has 0 saturated heterocycles. The van der Waals surface area contributed by atoms with Gasteiger partial charge in [0.05, 0.1) is 6.10 Å². The largest absolute Gasteiger partial charge is 0.390 e. The number of rotatable bonds is 2. The number of aliphatic hydroxyl groups is 3. The van der Waals surface area contributed by atoms with Crippen molar-refractivity contribution in [2.75, 3.05) is 6.61 Å². The maximum atomic E-state index is 16.7. The van der Waals surface area contributed by atoms with Crippen LogP contribution in [0.3, 0.4) is 0 Å². The third kappa shape index (κ3) is 2.04. The highest BCUT2D eigenvalue weighted by Gasteiger charge is 2.73. The smallest absolute Gasteiger partial charge is 0.190 e. The van der Waals surface area contributed by atoms with Crippen LogP contribution in [0.2, 0.25) is 0 Å². The van der Waals surface area contributed by atoms with E-state index in [0.29, 0.717) is 24.8 Å². The van der Waals surface area contributed by atoms with Crippen LogP contribution in [0.4, 0.5) is 4.39 Å². The van der Waals surface area contributed by atoms with Gasteiger partial charge in [0.25, 0.3) is 0 Å². The molecule has 0 radical (unpaired) electrons. The van der Waals surface area contributed by atoms with Crippen molar-refractivity contribution in [1.29, 1.82) is 0 Å². The molecule has 0 unspecified atom stereocenters. The zero-order valence-corrected chi connectivity index (χ0v) is 15.7. The number of carbonyl (C=O) groups is 2. The molecule has 3 saturated carbocycles. The number of ketones is 2. The number of hydrogen-bond acceptors (Lipinski definition) is 5. The Bertz CT molecular complexity index is 775. The molecule has 4 aliphatic carbocycles. The van der Waals surface area contributed by atoms with Crippen molar-refractivity contribution in [3.8, 4) is 0 Å². The summed E-state index contributed by atoms with van der Waals surface area (Å²) in [5.41, 5.74) is -5.07. The van der Waals surface area contributed by atoms with Crippen LogP contribution in [0.1, 0.15) is 46.0 Å². The highest BCUT2D eigenvalue weighted by atomic mass is 19.1. The van der Waals surface area contributed by atoms with Gasteiger partial charge < -0.3 is 15.3 Å². The van der Waals surface area contributed by atoms with E-state index in [1.165, 1.54) is 12.2 Å². The molecule has 0 aromatic heterocycles. The lowest BCUT2D eigenvalue weighted by Crippen LogP contribution is -2.69. The summed E-state index contributed by atoms with van der Waals surface area (Å²) in [5.74, 6) is -1.64. The lowest BCUT2D eigenvalue weighted by molar-refractivity contribution is -0.217. The van der Waals surface area contributed by atoms with Crippen LogP contribution in [0.5, 0.6) is 0 Å². The van der Waals surface area contributed by atoms with Gasteiger partial charge in [-0.3, -0.25) is 9.59 Å². The number of halogens is 1. The molecule has 0 spiro atoms. The molecule has 27 heavy (non-hydrogen) atoms. The second-order valence-corrected chi connectivity index (χ2v) is 9.24. The summed E-state index contributed by atoms with van der Waals surface area (Å²) >= 11 is 0. The summed E-state index contributed by atoms with van der Waals surface area (Å²) < 4.78 is 16.7. The monoisotopic (exact) mass is 378 g/mol. The molecule has 5 nitrogen and oxygen atoms in total. The maximum absolute atomic E-state index is 16.7. The van der Waals surface area contributed by atoms with Gasteiger partial charge in [-0.05, 0) is 57.1 Å². The van der Waals surface area contributed by atoms with Gasteiger partial charge in [0.15, 0.2) is 17.2 Å². The van der Waals surface area contributed by atoms with E-state index in [1.54, 1.807) is 19.9 Å². The minimum absolute atomic E-state index is 0.0580. The van der Waals surface area contributed by atoms with E-state index in [0.717, 1.165) is 0 Å². The number of allylic oxidation sites excluding steroid dienone is 4. The number of fused-ring (bicyclic) bond motifs is 5. The molecule has 0 aromatic carbocycles. The summed E-state index contributed by atoms with van der Waals surface area (Å²) in [6.45, 7) is 2.71. The molecule has 148 valence electrons. The number of aliphatic hydroxyl groups excluding tert-OH is 2. The summed E-state index contributed by atoms with van der Waals surface area (Å²) in [7, 11) is 0. The number of alkyl halides is 1. The Morgan fingerprint density at radius 3 is 2.67 bits per heavy atom. The Balaban J connectivity index is 1.81. The van der Waals surface area contributed by atoms with E-state index < -0.39 is 46.5 Å². The predicted octanol–water partition coefficient (Wildman–Crippen LogP) is 1.65. The number of Topliss-reactive ketones (excluding diaryl/α,β-unsaturated/α-hetero) is 1. The molecule has 4 aliphatic rings. The van der Waals surface area contributed by atoms with Gasteiger partial charge in [0.2, 0.25) is 0 Å². The molecule has 0 bridgehead atoms. The van der Waals surface area contributed by atoms with Crippen molar-refractivity contribution in [3.05, 3.63) is 23.8 Å². The first-order chi connectivity index (χ1) is 12.5. The van der Waals surface area contributed by atoms with Gasteiger partial charge in [0, 0.05) is 16.7 Å².